The Morgan fingerprint density at radius 2 is 2.27 bits per heavy atom. The quantitative estimate of drug-likeness (QED) is 0.458. The van der Waals surface area contributed by atoms with E-state index in [1.165, 1.54) is 6.92 Å². The largest absolute Gasteiger partial charge is 0.440 e. The van der Waals surface area contributed by atoms with Gasteiger partial charge in [0.2, 0.25) is 15.9 Å². The Bertz CT molecular complexity index is 471. The number of rotatable bonds is 5. The van der Waals surface area contributed by atoms with Gasteiger partial charge in [-0.3, -0.25) is 4.79 Å². The van der Waals surface area contributed by atoms with Gasteiger partial charge in [0.05, 0.1) is 6.10 Å². The highest BCUT2D eigenvalue weighted by Crippen LogP contribution is 2.46. The highest BCUT2D eigenvalue weighted by molar-refractivity contribution is 6.68. The minimum Gasteiger partial charge on any atom is -0.440 e. The van der Waals surface area contributed by atoms with Crippen LogP contribution in [-0.4, -0.2) is 62.7 Å². The molecule has 126 valence electrons. The van der Waals surface area contributed by atoms with Crippen LogP contribution in [0.1, 0.15) is 19.8 Å². The number of nitrogens with zero attached hydrogens (tertiary/aromatic N) is 1. The average molecular weight is 375 g/mol. The van der Waals surface area contributed by atoms with Gasteiger partial charge in [-0.25, -0.2) is 9.69 Å². The second kappa shape index (κ2) is 6.30. The molecule has 0 aromatic carbocycles. The molecule has 10 heteroatoms. The van der Waals surface area contributed by atoms with Crippen molar-refractivity contribution in [2.24, 2.45) is 5.73 Å². The predicted octanol–water partition coefficient (Wildman–Crippen LogP) is -0.102. The van der Waals surface area contributed by atoms with Crippen molar-refractivity contribution in [1.29, 1.82) is 0 Å². The number of cyclic esters (lactones) is 1. The predicted molar refractivity (Wildman–Crippen MR) is 81.5 cm³/mol. The number of nitrogens with one attached hydrogen (secondary N) is 1. The van der Waals surface area contributed by atoms with Gasteiger partial charge in [0, 0.05) is 13.1 Å². The number of ether oxygens (including phenoxy) is 1. The molecule has 4 N–H and O–H groups in total. The molecule has 0 aromatic rings. The van der Waals surface area contributed by atoms with Gasteiger partial charge in [0.25, 0.3) is 0 Å². The zero-order valence-electron chi connectivity index (χ0n) is 11.9. The molecule has 22 heavy (non-hydrogen) atoms. The van der Waals surface area contributed by atoms with Crippen molar-refractivity contribution in [3.05, 3.63) is 0 Å². The maximum atomic E-state index is 12.3. The molecular weight excluding hydrogens is 357 g/mol. The van der Waals surface area contributed by atoms with Crippen LogP contribution in [0.15, 0.2) is 0 Å². The average Bonchev–Trinajstić information content (AvgIpc) is 2.87. The van der Waals surface area contributed by atoms with Crippen LogP contribution in [0.2, 0.25) is 0 Å². The Morgan fingerprint density at radius 1 is 1.64 bits per heavy atom. The first-order valence-corrected chi connectivity index (χ1v) is 7.98. The Balaban J connectivity index is 2.17. The topological polar surface area (TPSA) is 105 Å². The normalized spacial score (nSPS) is 31.7. The first kappa shape index (κ1) is 18.0. The van der Waals surface area contributed by atoms with E-state index in [2.05, 4.69) is 5.32 Å². The molecule has 0 bridgehead atoms. The Kier molecular flexibility index (Phi) is 5.16. The van der Waals surface area contributed by atoms with Crippen molar-refractivity contribution in [3.63, 3.8) is 0 Å². The molecule has 0 aliphatic carbocycles. The molecule has 1 amide bonds. The second-order valence-corrected chi connectivity index (χ2v) is 8.00. The van der Waals surface area contributed by atoms with E-state index in [0.717, 1.165) is 6.42 Å². The van der Waals surface area contributed by atoms with Crippen molar-refractivity contribution < 1.29 is 19.4 Å². The molecule has 2 aliphatic heterocycles. The lowest BCUT2D eigenvalue weighted by Crippen LogP contribution is -2.59. The fourth-order valence-electron chi connectivity index (χ4n) is 3.03. The summed E-state index contributed by atoms with van der Waals surface area (Å²) >= 11 is 17.6. The number of primary amides is 1. The molecule has 0 spiro atoms. The molecule has 2 saturated heterocycles. The van der Waals surface area contributed by atoms with E-state index in [1.54, 1.807) is 4.90 Å². The van der Waals surface area contributed by atoms with Crippen molar-refractivity contribution in [1.82, 2.24) is 10.2 Å². The number of carbonyl (C=O) groups is 2. The number of esters is 1. The second-order valence-electron chi connectivity index (χ2n) is 5.63. The van der Waals surface area contributed by atoms with Crippen LogP contribution in [0.4, 0.5) is 0 Å². The third-order valence-corrected chi connectivity index (χ3v) is 4.66. The first-order valence-electron chi connectivity index (χ1n) is 6.85. The van der Waals surface area contributed by atoms with Gasteiger partial charge in [-0.15, -0.1) is 0 Å². The molecule has 4 atom stereocenters. The van der Waals surface area contributed by atoms with E-state index in [9.17, 15) is 14.7 Å². The number of nitrogens with two attached hydrogens (primary N) is 1. The number of hydrogen-bond acceptors (Lipinski definition) is 6. The Labute approximate surface area is 143 Å². The van der Waals surface area contributed by atoms with Gasteiger partial charge in [0.1, 0.15) is 11.6 Å². The molecule has 7 nitrogen and oxygen atoms in total. The van der Waals surface area contributed by atoms with Crippen LogP contribution in [0, 0.1) is 0 Å². The van der Waals surface area contributed by atoms with Gasteiger partial charge in [-0.2, -0.15) is 0 Å². The van der Waals surface area contributed by atoms with Crippen LogP contribution in [-0.2, 0) is 14.3 Å². The van der Waals surface area contributed by atoms with E-state index >= 15 is 0 Å². The van der Waals surface area contributed by atoms with Crippen LogP contribution >= 0.6 is 34.8 Å². The van der Waals surface area contributed by atoms with Gasteiger partial charge in [-0.05, 0) is 19.8 Å². The maximum Gasteiger partial charge on any atom is 0.329 e. The zero-order chi connectivity index (χ0) is 16.7. The van der Waals surface area contributed by atoms with Gasteiger partial charge >= 0.3 is 5.97 Å². The fraction of sp³-hybridized carbons (Fsp3) is 0.833. The van der Waals surface area contributed by atoms with Gasteiger partial charge in [-0.1, -0.05) is 34.8 Å². The van der Waals surface area contributed by atoms with Crippen LogP contribution in [0.25, 0.3) is 0 Å². The molecular formula is C12H18Cl3N3O4. The third-order valence-electron chi connectivity index (χ3n) is 4.10. The maximum absolute atomic E-state index is 12.3. The number of carbonyl (C=O) groups excluding carboxylic acids is 2. The van der Waals surface area contributed by atoms with E-state index in [4.69, 9.17) is 45.3 Å². The molecule has 0 radical (unpaired) electrons. The fourth-order valence-corrected chi connectivity index (χ4v) is 3.52. The minimum absolute atomic E-state index is 0.0710. The first-order chi connectivity index (χ1) is 10.1. The number of halogens is 3. The number of hydrogen-bond donors (Lipinski definition) is 3. The third kappa shape index (κ3) is 3.16. The van der Waals surface area contributed by atoms with E-state index in [-0.39, 0.29) is 6.54 Å². The lowest BCUT2D eigenvalue weighted by molar-refractivity contribution is -0.145. The number of alkyl halides is 3. The highest BCUT2D eigenvalue weighted by atomic mass is 35.6. The molecule has 1 unspecified atom stereocenters. The minimum atomic E-state index is -1.77. The van der Waals surface area contributed by atoms with Gasteiger partial charge in [0.15, 0.2) is 0 Å². The van der Waals surface area contributed by atoms with Crippen molar-refractivity contribution in [3.8, 4) is 0 Å². The lowest BCUT2D eigenvalue weighted by Gasteiger charge is -2.33. The van der Waals surface area contributed by atoms with Crippen molar-refractivity contribution >= 4 is 46.7 Å². The summed E-state index contributed by atoms with van der Waals surface area (Å²) < 4.78 is 3.45. The summed E-state index contributed by atoms with van der Waals surface area (Å²) in [7, 11) is 0. The van der Waals surface area contributed by atoms with E-state index in [1.807, 2.05) is 0 Å². The van der Waals surface area contributed by atoms with Crippen LogP contribution < -0.4 is 11.1 Å². The summed E-state index contributed by atoms with van der Waals surface area (Å²) in [5, 5.41) is 12.4. The smallest absolute Gasteiger partial charge is 0.329 e. The molecule has 0 aromatic heterocycles. The molecule has 0 saturated carbocycles. The highest BCUT2D eigenvalue weighted by Gasteiger charge is 2.62. The molecule has 2 heterocycles. The van der Waals surface area contributed by atoms with Gasteiger partial charge < -0.3 is 20.9 Å². The lowest BCUT2D eigenvalue weighted by atomic mass is 9.96. The van der Waals surface area contributed by atoms with Crippen molar-refractivity contribution in [2.75, 3.05) is 13.1 Å². The standard InChI is InChI=1S/C12H18Cl3N3O4/c1-6(19)7(8(16)20)17-5-11-3-2-4-18(11)9(12(13,14)15)22-10(11)21/h6-7,9,17,19H,2-5H2,1H3,(H2,16,20)/t6-,7+,9?,11+/m1/s1. The van der Waals surface area contributed by atoms with Crippen molar-refractivity contribution in [2.45, 2.75) is 47.5 Å². The molecule has 2 fully saturated rings. The van der Waals surface area contributed by atoms with E-state index < -0.39 is 39.6 Å². The Morgan fingerprint density at radius 3 is 2.77 bits per heavy atom. The number of fused-ring (bicyclic) bond motifs is 1. The van der Waals surface area contributed by atoms with Crippen LogP contribution in [0.3, 0.4) is 0 Å². The zero-order valence-corrected chi connectivity index (χ0v) is 14.2. The number of aliphatic hydroxyl groups excluding tert-OH is 1. The summed E-state index contributed by atoms with van der Waals surface area (Å²) in [6, 6.07) is -0.976. The summed E-state index contributed by atoms with van der Waals surface area (Å²) in [5.41, 5.74) is 4.22. The monoisotopic (exact) mass is 373 g/mol. The van der Waals surface area contributed by atoms with Crippen LogP contribution in [0.5, 0.6) is 0 Å². The summed E-state index contributed by atoms with van der Waals surface area (Å²) in [6.07, 6.45) is -0.747. The number of aliphatic hydroxyl groups is 1. The summed E-state index contributed by atoms with van der Waals surface area (Å²) in [4.78, 5) is 25.4. The molecule has 2 rings (SSSR count). The summed E-state index contributed by atoms with van der Waals surface area (Å²) in [5.74, 6) is -1.22. The Hall–Kier alpha value is -0.310. The molecule has 2 aliphatic rings. The SMILES string of the molecule is C[C@@H](O)[C@H](NC[C@]12CCCN1C(C(Cl)(Cl)Cl)OC2=O)C(N)=O. The number of amides is 1. The summed E-state index contributed by atoms with van der Waals surface area (Å²) in [6.45, 7) is 2.03. The van der Waals surface area contributed by atoms with E-state index in [0.29, 0.717) is 13.0 Å².